The highest BCUT2D eigenvalue weighted by Crippen LogP contribution is 2.19. The van der Waals surface area contributed by atoms with E-state index in [4.69, 9.17) is 4.74 Å². The van der Waals surface area contributed by atoms with Gasteiger partial charge >= 0.3 is 0 Å². The molecule has 9 heteroatoms. The fourth-order valence-electron chi connectivity index (χ4n) is 3.20. The van der Waals surface area contributed by atoms with E-state index in [1.54, 1.807) is 12.1 Å². The minimum absolute atomic E-state index is 0. The number of aromatic amines is 1. The lowest BCUT2D eigenvalue weighted by molar-refractivity contribution is -0.114. The van der Waals surface area contributed by atoms with Crippen molar-refractivity contribution < 1.29 is 13.9 Å². The lowest BCUT2D eigenvalue weighted by Gasteiger charge is -2.12. The van der Waals surface area contributed by atoms with Gasteiger partial charge in [0.25, 0.3) is 0 Å². The number of nitrogens with one attached hydrogen (secondary N) is 4. The van der Waals surface area contributed by atoms with E-state index in [0.29, 0.717) is 37.1 Å². The van der Waals surface area contributed by atoms with Crippen LogP contribution in [0.1, 0.15) is 19.4 Å². The highest BCUT2D eigenvalue weighted by atomic mass is 127. The SMILES string of the molecule is CCNC(=NCCc1c[nH]c2cc(F)ccc12)NCCOc1cccc(NC(C)=O)c1.I. The van der Waals surface area contributed by atoms with Crippen molar-refractivity contribution in [3.05, 3.63) is 60.0 Å². The second kappa shape index (κ2) is 12.9. The van der Waals surface area contributed by atoms with E-state index in [-0.39, 0.29) is 35.7 Å². The van der Waals surface area contributed by atoms with Crippen LogP contribution in [0.3, 0.4) is 0 Å². The van der Waals surface area contributed by atoms with E-state index < -0.39 is 0 Å². The van der Waals surface area contributed by atoms with Crippen molar-refractivity contribution in [1.82, 2.24) is 15.6 Å². The molecule has 1 amide bonds. The molecule has 0 atom stereocenters. The molecule has 3 aromatic rings. The molecule has 0 aliphatic rings. The first-order chi connectivity index (χ1) is 15.0. The minimum Gasteiger partial charge on any atom is -0.492 e. The number of nitrogens with zero attached hydrogens (tertiary/aromatic N) is 1. The van der Waals surface area contributed by atoms with Crippen LogP contribution < -0.4 is 20.7 Å². The first kappa shape index (κ1) is 25.4. The number of H-pyrrole nitrogens is 1. The molecule has 0 saturated heterocycles. The highest BCUT2D eigenvalue weighted by molar-refractivity contribution is 14.0. The Kier molecular flexibility index (Phi) is 10.3. The van der Waals surface area contributed by atoms with Gasteiger partial charge in [0, 0.05) is 48.9 Å². The van der Waals surface area contributed by atoms with Crippen LogP contribution in [0, 0.1) is 5.82 Å². The highest BCUT2D eigenvalue weighted by Gasteiger charge is 2.05. The Labute approximate surface area is 204 Å². The van der Waals surface area contributed by atoms with E-state index in [9.17, 15) is 9.18 Å². The van der Waals surface area contributed by atoms with Gasteiger partial charge in [-0.1, -0.05) is 6.07 Å². The number of halogens is 2. The number of benzene rings is 2. The number of rotatable bonds is 9. The number of hydrogen-bond donors (Lipinski definition) is 4. The lowest BCUT2D eigenvalue weighted by Crippen LogP contribution is -2.39. The number of carbonyl (C=O) groups is 1. The molecule has 2 aromatic carbocycles. The summed E-state index contributed by atoms with van der Waals surface area (Å²) >= 11 is 0. The maximum Gasteiger partial charge on any atom is 0.221 e. The number of guanidine groups is 1. The average molecular weight is 553 g/mol. The maximum absolute atomic E-state index is 13.3. The molecule has 0 aliphatic heterocycles. The number of aromatic nitrogens is 1. The van der Waals surface area contributed by atoms with Gasteiger partial charge in [-0.05, 0) is 49.2 Å². The molecule has 0 unspecified atom stereocenters. The summed E-state index contributed by atoms with van der Waals surface area (Å²) in [5.41, 5.74) is 2.61. The average Bonchev–Trinajstić information content (AvgIpc) is 3.13. The Balaban J connectivity index is 0.00000363. The van der Waals surface area contributed by atoms with Crippen LogP contribution in [0.5, 0.6) is 5.75 Å². The van der Waals surface area contributed by atoms with Crippen LogP contribution in [-0.2, 0) is 11.2 Å². The molecule has 1 aromatic heterocycles. The van der Waals surface area contributed by atoms with E-state index >= 15 is 0 Å². The van der Waals surface area contributed by atoms with Gasteiger partial charge in [0.05, 0.1) is 6.54 Å². The zero-order valence-electron chi connectivity index (χ0n) is 18.2. The predicted molar refractivity (Wildman–Crippen MR) is 138 cm³/mol. The van der Waals surface area contributed by atoms with Gasteiger partial charge < -0.3 is 25.7 Å². The van der Waals surface area contributed by atoms with Gasteiger partial charge in [-0.2, -0.15) is 0 Å². The monoisotopic (exact) mass is 553 g/mol. The number of carbonyl (C=O) groups excluding carboxylic acids is 1. The van der Waals surface area contributed by atoms with Crippen LogP contribution in [-0.4, -0.2) is 43.1 Å². The van der Waals surface area contributed by atoms with E-state index in [1.165, 1.54) is 19.1 Å². The Morgan fingerprint density at radius 3 is 2.81 bits per heavy atom. The van der Waals surface area contributed by atoms with Crippen LogP contribution >= 0.6 is 24.0 Å². The normalized spacial score (nSPS) is 11.0. The molecule has 172 valence electrons. The largest absolute Gasteiger partial charge is 0.492 e. The Hall–Kier alpha value is -2.82. The first-order valence-corrected chi connectivity index (χ1v) is 10.3. The summed E-state index contributed by atoms with van der Waals surface area (Å²) in [6, 6.07) is 12.0. The first-order valence-electron chi connectivity index (χ1n) is 10.3. The molecule has 32 heavy (non-hydrogen) atoms. The molecule has 3 rings (SSSR count). The molecule has 0 aliphatic carbocycles. The van der Waals surface area contributed by atoms with Crippen molar-refractivity contribution in [1.29, 1.82) is 0 Å². The van der Waals surface area contributed by atoms with Gasteiger partial charge in [0.1, 0.15) is 18.2 Å². The third-order valence-corrected chi connectivity index (χ3v) is 4.54. The Morgan fingerprint density at radius 2 is 2.03 bits per heavy atom. The van der Waals surface area contributed by atoms with Crippen LogP contribution in [0.2, 0.25) is 0 Å². The molecule has 0 fully saturated rings. The second-order valence-corrected chi connectivity index (χ2v) is 7.00. The summed E-state index contributed by atoms with van der Waals surface area (Å²) in [6.45, 7) is 5.84. The minimum atomic E-state index is -0.249. The number of hydrogen-bond acceptors (Lipinski definition) is 3. The van der Waals surface area contributed by atoms with Gasteiger partial charge in [-0.15, -0.1) is 24.0 Å². The van der Waals surface area contributed by atoms with Gasteiger partial charge in [-0.3, -0.25) is 9.79 Å². The van der Waals surface area contributed by atoms with E-state index in [0.717, 1.165) is 29.4 Å². The van der Waals surface area contributed by atoms with Crippen molar-refractivity contribution in [3.8, 4) is 5.75 Å². The van der Waals surface area contributed by atoms with Crippen molar-refractivity contribution in [2.45, 2.75) is 20.3 Å². The van der Waals surface area contributed by atoms with Crippen LogP contribution in [0.15, 0.2) is 53.7 Å². The second-order valence-electron chi connectivity index (χ2n) is 7.00. The zero-order chi connectivity index (χ0) is 22.1. The van der Waals surface area contributed by atoms with Gasteiger partial charge in [0.2, 0.25) is 5.91 Å². The lowest BCUT2D eigenvalue weighted by atomic mass is 10.1. The maximum atomic E-state index is 13.3. The molecule has 0 radical (unpaired) electrons. The third-order valence-electron chi connectivity index (χ3n) is 4.54. The Morgan fingerprint density at radius 1 is 1.19 bits per heavy atom. The topological polar surface area (TPSA) is 90.5 Å². The number of ether oxygens (including phenoxy) is 1. The fraction of sp³-hybridized carbons (Fsp3) is 0.304. The standard InChI is InChI=1S/C23H28FN5O2.HI/c1-3-25-23(26-10-9-17-15-28-22-13-18(24)7-8-21(17)22)27-11-12-31-20-6-4-5-19(14-20)29-16(2)30;/h4-8,13-15,28H,3,9-12H2,1-2H3,(H,29,30)(H2,25,26,27);1H. The van der Waals surface area contributed by atoms with Gasteiger partial charge in [0.15, 0.2) is 5.96 Å². The molecule has 0 bridgehead atoms. The smallest absolute Gasteiger partial charge is 0.221 e. The van der Waals surface area contributed by atoms with Crippen molar-refractivity contribution in [3.63, 3.8) is 0 Å². The number of anilines is 1. The molecular weight excluding hydrogens is 524 g/mol. The van der Waals surface area contributed by atoms with Crippen molar-refractivity contribution in [2.24, 2.45) is 4.99 Å². The molecule has 0 saturated carbocycles. The fourth-order valence-corrected chi connectivity index (χ4v) is 3.20. The number of amides is 1. The van der Waals surface area contributed by atoms with Crippen molar-refractivity contribution in [2.75, 3.05) is 31.6 Å². The molecular formula is C23H29FIN5O2. The number of fused-ring (bicyclic) bond motifs is 1. The van der Waals surface area contributed by atoms with Crippen LogP contribution in [0.25, 0.3) is 10.9 Å². The summed E-state index contributed by atoms with van der Waals surface area (Å²) in [5, 5.41) is 10.2. The summed E-state index contributed by atoms with van der Waals surface area (Å²) in [4.78, 5) is 18.9. The summed E-state index contributed by atoms with van der Waals surface area (Å²) in [5.74, 6) is 1.03. The molecule has 1 heterocycles. The molecule has 4 N–H and O–H groups in total. The quantitative estimate of drug-likeness (QED) is 0.139. The third kappa shape index (κ3) is 7.70. The zero-order valence-corrected chi connectivity index (χ0v) is 20.5. The predicted octanol–water partition coefficient (Wildman–Crippen LogP) is 4.06. The van der Waals surface area contributed by atoms with E-state index in [2.05, 4.69) is 25.9 Å². The van der Waals surface area contributed by atoms with E-state index in [1.807, 2.05) is 31.3 Å². The summed E-state index contributed by atoms with van der Waals surface area (Å²) in [6.07, 6.45) is 2.65. The van der Waals surface area contributed by atoms with Gasteiger partial charge in [-0.25, -0.2) is 4.39 Å². The molecule has 0 spiro atoms. The Bertz CT molecular complexity index is 1050. The summed E-state index contributed by atoms with van der Waals surface area (Å²) in [7, 11) is 0. The number of aliphatic imine (C=N–C) groups is 1. The summed E-state index contributed by atoms with van der Waals surface area (Å²) < 4.78 is 19.1. The van der Waals surface area contributed by atoms with Crippen molar-refractivity contribution >= 4 is 52.4 Å². The van der Waals surface area contributed by atoms with Crippen LogP contribution in [0.4, 0.5) is 10.1 Å². The molecule has 7 nitrogen and oxygen atoms in total.